The van der Waals surface area contributed by atoms with E-state index in [9.17, 15) is 9.90 Å². The average Bonchev–Trinajstić information content (AvgIpc) is 2.57. The maximum atomic E-state index is 13.1. The number of aliphatic hydroxyl groups is 1. The molecule has 126 valence electrons. The number of ether oxygens (including phenoxy) is 1. The van der Waals surface area contributed by atoms with Crippen LogP contribution in [0.3, 0.4) is 0 Å². The van der Waals surface area contributed by atoms with Crippen LogP contribution in [0.25, 0.3) is 0 Å². The van der Waals surface area contributed by atoms with Crippen molar-refractivity contribution >= 4 is 34.8 Å². The Labute approximate surface area is 150 Å². The van der Waals surface area contributed by atoms with Gasteiger partial charge < -0.3 is 14.7 Å². The minimum absolute atomic E-state index is 0.231. The number of rotatable bonds is 2. The summed E-state index contributed by atoms with van der Waals surface area (Å²) in [5, 5.41) is 10.8. The normalized spacial score (nSPS) is 16.7. The highest BCUT2D eigenvalue weighted by molar-refractivity contribution is 6.38. The van der Waals surface area contributed by atoms with Crippen LogP contribution < -0.4 is 9.64 Å². The van der Waals surface area contributed by atoms with Gasteiger partial charge in [0, 0.05) is 17.8 Å². The molecule has 2 aromatic carbocycles. The Kier molecular flexibility index (Phi) is 4.72. The van der Waals surface area contributed by atoms with Crippen molar-refractivity contribution in [2.75, 3.05) is 18.6 Å². The van der Waals surface area contributed by atoms with Gasteiger partial charge in [-0.15, -0.1) is 0 Å². The van der Waals surface area contributed by atoms with Gasteiger partial charge in [-0.25, -0.2) is 0 Å². The maximum absolute atomic E-state index is 13.1. The molecule has 24 heavy (non-hydrogen) atoms. The fourth-order valence-electron chi connectivity index (χ4n) is 2.99. The molecule has 1 atom stereocenters. The van der Waals surface area contributed by atoms with Gasteiger partial charge in [0.1, 0.15) is 5.56 Å². The number of aryl methyl sites for hydroxylation is 1. The lowest BCUT2D eigenvalue weighted by molar-refractivity contribution is 0.0968. The van der Waals surface area contributed by atoms with E-state index in [1.54, 1.807) is 17.0 Å². The summed E-state index contributed by atoms with van der Waals surface area (Å²) in [6, 6.07) is 8.82. The van der Waals surface area contributed by atoms with E-state index in [0.29, 0.717) is 23.7 Å². The van der Waals surface area contributed by atoms with Crippen molar-refractivity contribution in [2.45, 2.75) is 19.4 Å². The first kappa shape index (κ1) is 17.1. The highest BCUT2D eigenvalue weighted by Crippen LogP contribution is 2.39. The molecule has 0 aromatic heterocycles. The molecule has 0 saturated heterocycles. The smallest absolute Gasteiger partial charge is 0.263 e. The molecule has 1 amide bonds. The molecule has 0 saturated carbocycles. The third-order valence-electron chi connectivity index (χ3n) is 4.18. The number of methoxy groups -OCH3 is 1. The van der Waals surface area contributed by atoms with Crippen LogP contribution in [0.4, 0.5) is 5.69 Å². The van der Waals surface area contributed by atoms with Crippen LogP contribution in [0.1, 0.15) is 34.0 Å². The van der Waals surface area contributed by atoms with Crippen LogP contribution in [-0.2, 0) is 0 Å². The Morgan fingerprint density at radius 2 is 1.96 bits per heavy atom. The van der Waals surface area contributed by atoms with Crippen molar-refractivity contribution in [3.8, 4) is 5.75 Å². The molecule has 0 fully saturated rings. The van der Waals surface area contributed by atoms with Crippen molar-refractivity contribution in [3.63, 3.8) is 0 Å². The number of benzene rings is 2. The number of hydrogen-bond donors (Lipinski definition) is 1. The first-order chi connectivity index (χ1) is 11.4. The lowest BCUT2D eigenvalue weighted by Crippen LogP contribution is -2.37. The molecule has 1 aliphatic rings. The van der Waals surface area contributed by atoms with Gasteiger partial charge in [-0.2, -0.15) is 0 Å². The van der Waals surface area contributed by atoms with Gasteiger partial charge in [-0.1, -0.05) is 40.9 Å². The van der Waals surface area contributed by atoms with Crippen LogP contribution in [0.2, 0.25) is 10.0 Å². The Bertz CT molecular complexity index is 807. The van der Waals surface area contributed by atoms with Crippen LogP contribution in [-0.4, -0.2) is 24.7 Å². The van der Waals surface area contributed by atoms with Gasteiger partial charge in [0.05, 0.1) is 23.3 Å². The van der Waals surface area contributed by atoms with Crippen LogP contribution in [0.5, 0.6) is 5.75 Å². The fraction of sp³-hybridized carbons (Fsp3) is 0.278. The predicted molar refractivity (Wildman–Crippen MR) is 95.4 cm³/mol. The topological polar surface area (TPSA) is 49.8 Å². The lowest BCUT2D eigenvalue weighted by atomic mass is 9.96. The highest BCUT2D eigenvalue weighted by Gasteiger charge is 2.31. The molecule has 0 aliphatic carbocycles. The monoisotopic (exact) mass is 365 g/mol. The standard InChI is InChI=1S/C18H17Cl2NO3/c1-10-3-6-14-11(9-10)15(22)7-8-21(14)18(23)16-12(19)4-5-13(20)17(16)24-2/h3-6,9,15,22H,7-8H2,1-2H3. The summed E-state index contributed by atoms with van der Waals surface area (Å²) >= 11 is 12.4. The summed E-state index contributed by atoms with van der Waals surface area (Å²) in [6.45, 7) is 2.34. The third-order valence-corrected chi connectivity index (χ3v) is 4.79. The first-order valence-corrected chi connectivity index (χ1v) is 8.32. The van der Waals surface area contributed by atoms with E-state index in [1.165, 1.54) is 7.11 Å². The summed E-state index contributed by atoms with van der Waals surface area (Å²) in [5.41, 5.74) is 2.68. The molecule has 3 rings (SSSR count). The zero-order chi connectivity index (χ0) is 17.4. The minimum atomic E-state index is -0.583. The van der Waals surface area contributed by atoms with Crippen molar-refractivity contribution < 1.29 is 14.6 Å². The second-order valence-corrected chi connectivity index (χ2v) is 6.58. The molecule has 1 aliphatic heterocycles. The second-order valence-electron chi connectivity index (χ2n) is 5.76. The molecular formula is C18H17Cl2NO3. The SMILES string of the molecule is COc1c(Cl)ccc(Cl)c1C(=O)N1CCC(O)c2cc(C)ccc21. The van der Waals surface area contributed by atoms with Crippen molar-refractivity contribution in [2.24, 2.45) is 0 Å². The van der Waals surface area contributed by atoms with E-state index in [2.05, 4.69) is 0 Å². The van der Waals surface area contributed by atoms with E-state index in [4.69, 9.17) is 27.9 Å². The van der Waals surface area contributed by atoms with E-state index in [-0.39, 0.29) is 22.2 Å². The van der Waals surface area contributed by atoms with Gasteiger partial charge in [-0.3, -0.25) is 4.79 Å². The minimum Gasteiger partial charge on any atom is -0.494 e. The Morgan fingerprint density at radius 1 is 1.25 bits per heavy atom. The largest absolute Gasteiger partial charge is 0.494 e. The molecule has 2 aromatic rings. The van der Waals surface area contributed by atoms with Gasteiger partial charge >= 0.3 is 0 Å². The summed E-state index contributed by atoms with van der Waals surface area (Å²) in [6.07, 6.45) is -0.122. The number of fused-ring (bicyclic) bond motifs is 1. The van der Waals surface area contributed by atoms with Crippen LogP contribution >= 0.6 is 23.2 Å². The third kappa shape index (κ3) is 2.86. The first-order valence-electron chi connectivity index (χ1n) is 7.56. The number of carbonyl (C=O) groups excluding carboxylic acids is 1. The number of anilines is 1. The van der Waals surface area contributed by atoms with Crippen molar-refractivity contribution in [3.05, 3.63) is 57.1 Å². The molecule has 1 N–H and O–H groups in total. The molecular weight excluding hydrogens is 349 g/mol. The summed E-state index contributed by atoms with van der Waals surface area (Å²) < 4.78 is 5.28. The van der Waals surface area contributed by atoms with E-state index < -0.39 is 6.10 Å². The average molecular weight is 366 g/mol. The Morgan fingerprint density at radius 3 is 2.67 bits per heavy atom. The van der Waals surface area contributed by atoms with Crippen LogP contribution in [0.15, 0.2) is 30.3 Å². The second kappa shape index (κ2) is 6.63. The Hall–Kier alpha value is -1.75. The molecule has 0 spiro atoms. The Balaban J connectivity index is 2.10. The molecule has 0 bridgehead atoms. The van der Waals surface area contributed by atoms with Gasteiger partial charge in [0.15, 0.2) is 5.75 Å². The van der Waals surface area contributed by atoms with E-state index in [1.807, 2.05) is 25.1 Å². The van der Waals surface area contributed by atoms with Crippen molar-refractivity contribution in [1.29, 1.82) is 0 Å². The fourth-order valence-corrected chi connectivity index (χ4v) is 3.46. The molecule has 1 heterocycles. The molecule has 4 nitrogen and oxygen atoms in total. The number of hydrogen-bond acceptors (Lipinski definition) is 3. The van der Waals surface area contributed by atoms with E-state index in [0.717, 1.165) is 11.1 Å². The molecule has 0 radical (unpaired) electrons. The van der Waals surface area contributed by atoms with Gasteiger partial charge in [-0.05, 0) is 31.5 Å². The number of halogens is 2. The molecule has 1 unspecified atom stereocenters. The van der Waals surface area contributed by atoms with E-state index >= 15 is 0 Å². The number of amides is 1. The molecule has 6 heteroatoms. The highest BCUT2D eigenvalue weighted by atomic mass is 35.5. The van der Waals surface area contributed by atoms with Crippen LogP contribution in [0, 0.1) is 6.92 Å². The summed E-state index contributed by atoms with van der Waals surface area (Å²) in [7, 11) is 1.45. The van der Waals surface area contributed by atoms with Crippen molar-refractivity contribution in [1.82, 2.24) is 0 Å². The quantitative estimate of drug-likeness (QED) is 0.858. The summed E-state index contributed by atoms with van der Waals surface area (Å²) in [4.78, 5) is 14.7. The number of carbonyl (C=O) groups is 1. The van der Waals surface area contributed by atoms with Gasteiger partial charge in [0.2, 0.25) is 0 Å². The zero-order valence-corrected chi connectivity index (χ0v) is 14.9. The summed E-state index contributed by atoms with van der Waals surface area (Å²) in [5.74, 6) is -0.0368. The van der Waals surface area contributed by atoms with Gasteiger partial charge in [0.25, 0.3) is 5.91 Å². The number of nitrogens with zero attached hydrogens (tertiary/aromatic N) is 1. The zero-order valence-electron chi connectivity index (χ0n) is 13.3. The lowest BCUT2D eigenvalue weighted by Gasteiger charge is -2.33. The maximum Gasteiger partial charge on any atom is 0.263 e. The number of aliphatic hydroxyl groups excluding tert-OH is 1. The predicted octanol–water partition coefficient (Wildman–Crippen LogP) is 4.39.